The average molecular weight is 366 g/mol. The summed E-state index contributed by atoms with van der Waals surface area (Å²) in [7, 11) is 1.54. The molecule has 0 spiro atoms. The fourth-order valence-corrected chi connectivity index (χ4v) is 3.48. The number of carbonyl (C=O) groups is 2. The van der Waals surface area contributed by atoms with Gasteiger partial charge in [-0.3, -0.25) is 9.59 Å². The molecule has 2 aromatic carbocycles. The van der Waals surface area contributed by atoms with Crippen LogP contribution in [-0.2, 0) is 0 Å². The Morgan fingerprint density at radius 2 is 1.74 bits per heavy atom. The second-order valence-electron chi connectivity index (χ2n) is 6.99. The molecule has 142 valence electrons. The number of amides is 2. The zero-order valence-electron chi connectivity index (χ0n) is 15.9. The van der Waals surface area contributed by atoms with Gasteiger partial charge in [-0.2, -0.15) is 0 Å². The number of aryl methyl sites for hydroxylation is 1. The summed E-state index contributed by atoms with van der Waals surface area (Å²) in [4.78, 5) is 25.0. The summed E-state index contributed by atoms with van der Waals surface area (Å²) < 4.78 is 5.24. The van der Waals surface area contributed by atoms with E-state index in [0.29, 0.717) is 22.6 Å². The van der Waals surface area contributed by atoms with Gasteiger partial charge in [0.15, 0.2) is 0 Å². The first-order chi connectivity index (χ1) is 13.1. The van der Waals surface area contributed by atoms with Crippen LogP contribution in [0.15, 0.2) is 42.5 Å². The van der Waals surface area contributed by atoms with Crippen LogP contribution in [0.2, 0.25) is 0 Å². The molecule has 1 aliphatic carbocycles. The Kier molecular flexibility index (Phi) is 6.12. The van der Waals surface area contributed by atoms with Gasteiger partial charge in [0.05, 0.1) is 12.7 Å². The van der Waals surface area contributed by atoms with Gasteiger partial charge in [-0.15, -0.1) is 0 Å². The van der Waals surface area contributed by atoms with Gasteiger partial charge in [-0.1, -0.05) is 31.4 Å². The van der Waals surface area contributed by atoms with E-state index in [9.17, 15) is 9.59 Å². The van der Waals surface area contributed by atoms with Crippen molar-refractivity contribution in [2.45, 2.75) is 45.1 Å². The monoisotopic (exact) mass is 366 g/mol. The molecule has 0 atom stereocenters. The number of rotatable bonds is 5. The Hall–Kier alpha value is -2.82. The Balaban J connectivity index is 1.69. The molecule has 2 aromatic rings. The topological polar surface area (TPSA) is 67.4 Å². The van der Waals surface area contributed by atoms with Crippen molar-refractivity contribution in [1.82, 2.24) is 5.32 Å². The first-order valence-electron chi connectivity index (χ1n) is 9.44. The van der Waals surface area contributed by atoms with E-state index in [-0.39, 0.29) is 17.9 Å². The van der Waals surface area contributed by atoms with E-state index in [2.05, 4.69) is 10.6 Å². The lowest BCUT2D eigenvalue weighted by molar-refractivity contribution is 0.0927. The molecule has 0 heterocycles. The molecule has 2 N–H and O–H groups in total. The van der Waals surface area contributed by atoms with Crippen LogP contribution in [0.25, 0.3) is 0 Å². The van der Waals surface area contributed by atoms with Crippen LogP contribution in [0.5, 0.6) is 5.75 Å². The van der Waals surface area contributed by atoms with E-state index >= 15 is 0 Å². The smallest absolute Gasteiger partial charge is 0.259 e. The van der Waals surface area contributed by atoms with Gasteiger partial charge in [0.2, 0.25) is 0 Å². The molecular formula is C22H26N2O3. The molecule has 0 radical (unpaired) electrons. The van der Waals surface area contributed by atoms with Gasteiger partial charge in [0.25, 0.3) is 11.8 Å². The van der Waals surface area contributed by atoms with E-state index in [0.717, 1.165) is 18.4 Å². The van der Waals surface area contributed by atoms with Gasteiger partial charge >= 0.3 is 0 Å². The highest BCUT2D eigenvalue weighted by Crippen LogP contribution is 2.22. The van der Waals surface area contributed by atoms with E-state index in [1.807, 2.05) is 19.1 Å². The standard InChI is InChI=1S/C22H26N2O3/c1-15-14-16(21(25)23-17-8-4-3-5-9-17)12-13-19(15)24-22(26)18-10-6-7-11-20(18)27-2/h6-7,10-14,17H,3-5,8-9H2,1-2H3,(H,23,25)(H,24,26). The van der Waals surface area contributed by atoms with Crippen LogP contribution < -0.4 is 15.4 Å². The third kappa shape index (κ3) is 4.67. The lowest BCUT2D eigenvalue weighted by Gasteiger charge is -2.23. The number of nitrogens with one attached hydrogen (secondary N) is 2. The summed E-state index contributed by atoms with van der Waals surface area (Å²) in [6.45, 7) is 1.88. The second-order valence-corrected chi connectivity index (χ2v) is 6.99. The molecule has 5 nitrogen and oxygen atoms in total. The lowest BCUT2D eigenvalue weighted by Crippen LogP contribution is -2.36. The van der Waals surface area contributed by atoms with Crippen LogP contribution >= 0.6 is 0 Å². The zero-order chi connectivity index (χ0) is 19.2. The Morgan fingerprint density at radius 3 is 2.44 bits per heavy atom. The quantitative estimate of drug-likeness (QED) is 0.828. The molecule has 0 saturated heterocycles. The zero-order valence-corrected chi connectivity index (χ0v) is 15.9. The molecule has 0 bridgehead atoms. The summed E-state index contributed by atoms with van der Waals surface area (Å²) in [5, 5.41) is 6.02. The predicted molar refractivity (Wildman–Crippen MR) is 106 cm³/mol. The third-order valence-electron chi connectivity index (χ3n) is 5.03. The highest BCUT2D eigenvalue weighted by molar-refractivity contribution is 6.06. The number of ether oxygens (including phenoxy) is 1. The fourth-order valence-electron chi connectivity index (χ4n) is 3.48. The van der Waals surface area contributed by atoms with E-state index < -0.39 is 0 Å². The molecule has 0 aliphatic heterocycles. The van der Waals surface area contributed by atoms with Gasteiger partial charge in [0.1, 0.15) is 5.75 Å². The molecule has 0 aromatic heterocycles. The van der Waals surface area contributed by atoms with E-state index in [1.54, 1.807) is 30.3 Å². The highest BCUT2D eigenvalue weighted by Gasteiger charge is 2.18. The summed E-state index contributed by atoms with van der Waals surface area (Å²) >= 11 is 0. The van der Waals surface area contributed by atoms with Gasteiger partial charge < -0.3 is 15.4 Å². The van der Waals surface area contributed by atoms with Crippen molar-refractivity contribution in [3.8, 4) is 5.75 Å². The molecule has 2 amide bonds. The van der Waals surface area contributed by atoms with Crippen LogP contribution in [-0.4, -0.2) is 25.0 Å². The fraction of sp³-hybridized carbons (Fsp3) is 0.364. The second kappa shape index (κ2) is 8.71. The molecule has 1 fully saturated rings. The van der Waals surface area contributed by atoms with Crippen molar-refractivity contribution in [3.05, 3.63) is 59.2 Å². The minimum atomic E-state index is -0.241. The minimum Gasteiger partial charge on any atom is -0.496 e. The molecule has 27 heavy (non-hydrogen) atoms. The number of para-hydroxylation sites is 1. The Bertz CT molecular complexity index is 826. The number of hydrogen-bond acceptors (Lipinski definition) is 3. The van der Waals surface area contributed by atoms with E-state index in [4.69, 9.17) is 4.74 Å². The number of anilines is 1. The Morgan fingerprint density at radius 1 is 1.00 bits per heavy atom. The van der Waals surface area contributed by atoms with Crippen molar-refractivity contribution in [1.29, 1.82) is 0 Å². The van der Waals surface area contributed by atoms with Crippen molar-refractivity contribution in [2.24, 2.45) is 0 Å². The van der Waals surface area contributed by atoms with Crippen LogP contribution in [0.1, 0.15) is 58.4 Å². The number of methoxy groups -OCH3 is 1. The molecule has 1 saturated carbocycles. The SMILES string of the molecule is COc1ccccc1C(=O)Nc1ccc(C(=O)NC2CCCCC2)cc1C. The number of benzene rings is 2. The Labute approximate surface area is 160 Å². The largest absolute Gasteiger partial charge is 0.496 e. The van der Waals surface area contributed by atoms with Gasteiger partial charge in [-0.05, 0) is 55.7 Å². The van der Waals surface area contributed by atoms with Crippen LogP contribution in [0, 0.1) is 6.92 Å². The molecular weight excluding hydrogens is 340 g/mol. The molecule has 1 aliphatic rings. The first-order valence-corrected chi connectivity index (χ1v) is 9.44. The number of hydrogen-bond donors (Lipinski definition) is 2. The maximum Gasteiger partial charge on any atom is 0.259 e. The van der Waals surface area contributed by atoms with Crippen molar-refractivity contribution in [3.63, 3.8) is 0 Å². The van der Waals surface area contributed by atoms with Gasteiger partial charge in [0, 0.05) is 17.3 Å². The normalized spacial score (nSPS) is 14.4. The minimum absolute atomic E-state index is 0.0485. The highest BCUT2D eigenvalue weighted by atomic mass is 16.5. The first kappa shape index (κ1) is 19.0. The summed E-state index contributed by atoms with van der Waals surface area (Å²) in [5.74, 6) is 0.235. The molecule has 0 unspecified atom stereocenters. The molecule has 5 heteroatoms. The van der Waals surface area contributed by atoms with E-state index in [1.165, 1.54) is 26.4 Å². The maximum atomic E-state index is 12.6. The van der Waals surface area contributed by atoms with Crippen molar-refractivity contribution in [2.75, 3.05) is 12.4 Å². The van der Waals surface area contributed by atoms with Crippen molar-refractivity contribution >= 4 is 17.5 Å². The van der Waals surface area contributed by atoms with Gasteiger partial charge in [-0.25, -0.2) is 0 Å². The van der Waals surface area contributed by atoms with Crippen LogP contribution in [0.4, 0.5) is 5.69 Å². The lowest BCUT2D eigenvalue weighted by atomic mass is 9.95. The summed E-state index contributed by atoms with van der Waals surface area (Å²) in [6, 6.07) is 12.7. The summed E-state index contributed by atoms with van der Waals surface area (Å²) in [6.07, 6.45) is 5.72. The maximum absolute atomic E-state index is 12.6. The summed E-state index contributed by atoms with van der Waals surface area (Å²) in [5.41, 5.74) is 2.61. The number of carbonyl (C=O) groups excluding carboxylic acids is 2. The van der Waals surface area contributed by atoms with Crippen molar-refractivity contribution < 1.29 is 14.3 Å². The molecule has 3 rings (SSSR count). The predicted octanol–water partition coefficient (Wildman–Crippen LogP) is 4.32. The third-order valence-corrected chi connectivity index (χ3v) is 5.03. The van der Waals surface area contributed by atoms with Crippen LogP contribution in [0.3, 0.4) is 0 Å². The average Bonchev–Trinajstić information content (AvgIpc) is 2.70.